The van der Waals surface area contributed by atoms with E-state index >= 15 is 0 Å². The van der Waals surface area contributed by atoms with E-state index in [4.69, 9.17) is 0 Å². The summed E-state index contributed by atoms with van der Waals surface area (Å²) in [7, 11) is 1.97. The SMILES string of the molecule is CN(CC(=O)Nc1ccccc1N1CCCC1=O)Cc1ccccc1N1CCCCC1. The van der Waals surface area contributed by atoms with E-state index in [2.05, 4.69) is 34.5 Å². The average molecular weight is 421 g/mol. The maximum absolute atomic E-state index is 12.8. The number of amides is 2. The van der Waals surface area contributed by atoms with Crippen molar-refractivity contribution in [1.82, 2.24) is 4.90 Å². The largest absolute Gasteiger partial charge is 0.371 e. The van der Waals surface area contributed by atoms with Gasteiger partial charge in [0.15, 0.2) is 0 Å². The highest BCUT2D eigenvalue weighted by Gasteiger charge is 2.24. The second-order valence-corrected chi connectivity index (χ2v) is 8.56. The van der Waals surface area contributed by atoms with Gasteiger partial charge in [0.05, 0.1) is 17.9 Å². The van der Waals surface area contributed by atoms with E-state index in [1.165, 1.54) is 30.5 Å². The zero-order valence-corrected chi connectivity index (χ0v) is 18.3. The van der Waals surface area contributed by atoms with Crippen LogP contribution in [-0.2, 0) is 16.1 Å². The molecular formula is C25H32N4O2. The fraction of sp³-hybridized carbons (Fsp3) is 0.440. The van der Waals surface area contributed by atoms with Gasteiger partial charge in [0.1, 0.15) is 0 Å². The Hall–Kier alpha value is -2.86. The molecule has 6 nitrogen and oxygen atoms in total. The third kappa shape index (κ3) is 5.25. The number of benzene rings is 2. The van der Waals surface area contributed by atoms with Crippen molar-refractivity contribution in [2.24, 2.45) is 0 Å². The van der Waals surface area contributed by atoms with Crippen molar-refractivity contribution in [2.45, 2.75) is 38.6 Å². The Kier molecular flexibility index (Phi) is 6.87. The lowest BCUT2D eigenvalue weighted by Gasteiger charge is -2.31. The predicted octanol–water partition coefficient (Wildman–Crippen LogP) is 3.87. The number of likely N-dealkylation sites (N-methyl/N-ethyl adjacent to an activating group) is 1. The summed E-state index contributed by atoms with van der Waals surface area (Å²) in [6, 6.07) is 16.1. The molecule has 6 heteroatoms. The van der Waals surface area contributed by atoms with E-state index in [0.717, 1.165) is 25.2 Å². The van der Waals surface area contributed by atoms with Gasteiger partial charge in [-0.3, -0.25) is 14.5 Å². The van der Waals surface area contributed by atoms with Gasteiger partial charge in [0.2, 0.25) is 11.8 Å². The lowest BCUT2D eigenvalue weighted by Crippen LogP contribution is -2.33. The molecule has 164 valence electrons. The van der Waals surface area contributed by atoms with Crippen LogP contribution in [0.1, 0.15) is 37.7 Å². The van der Waals surface area contributed by atoms with Crippen molar-refractivity contribution < 1.29 is 9.59 Å². The lowest BCUT2D eigenvalue weighted by molar-refractivity contribution is -0.118. The molecule has 0 radical (unpaired) electrons. The van der Waals surface area contributed by atoms with Crippen LogP contribution in [0.25, 0.3) is 0 Å². The molecule has 2 aliphatic rings. The molecule has 0 atom stereocenters. The van der Waals surface area contributed by atoms with Crippen LogP contribution >= 0.6 is 0 Å². The van der Waals surface area contributed by atoms with Crippen LogP contribution in [0.15, 0.2) is 48.5 Å². The molecule has 31 heavy (non-hydrogen) atoms. The topological polar surface area (TPSA) is 55.9 Å². The van der Waals surface area contributed by atoms with E-state index in [-0.39, 0.29) is 18.4 Å². The normalized spacial score (nSPS) is 16.8. The maximum atomic E-state index is 12.8. The van der Waals surface area contributed by atoms with E-state index in [0.29, 0.717) is 25.2 Å². The predicted molar refractivity (Wildman–Crippen MR) is 125 cm³/mol. The van der Waals surface area contributed by atoms with Gasteiger partial charge in [-0.2, -0.15) is 0 Å². The number of nitrogens with zero attached hydrogens (tertiary/aromatic N) is 3. The number of carbonyl (C=O) groups excluding carboxylic acids is 2. The van der Waals surface area contributed by atoms with E-state index in [9.17, 15) is 9.59 Å². The summed E-state index contributed by atoms with van der Waals surface area (Å²) in [5.74, 6) is 0.0465. The minimum Gasteiger partial charge on any atom is -0.371 e. The first-order chi connectivity index (χ1) is 15.1. The Morgan fingerprint density at radius 2 is 1.65 bits per heavy atom. The average Bonchev–Trinajstić information content (AvgIpc) is 3.20. The molecule has 2 aromatic carbocycles. The van der Waals surface area contributed by atoms with E-state index in [1.54, 1.807) is 4.90 Å². The molecular weight excluding hydrogens is 388 g/mol. The minimum atomic E-state index is -0.0722. The molecule has 2 fully saturated rings. The summed E-state index contributed by atoms with van der Waals surface area (Å²) in [6.07, 6.45) is 5.22. The number of para-hydroxylation sites is 3. The molecule has 0 saturated carbocycles. The molecule has 0 aliphatic carbocycles. The molecule has 2 amide bonds. The number of carbonyl (C=O) groups is 2. The Bertz CT molecular complexity index is 923. The van der Waals surface area contributed by atoms with Crippen LogP contribution in [0.3, 0.4) is 0 Å². The number of piperidine rings is 1. The zero-order chi connectivity index (χ0) is 21.6. The molecule has 0 aromatic heterocycles. The maximum Gasteiger partial charge on any atom is 0.238 e. The first-order valence-electron chi connectivity index (χ1n) is 11.3. The first kappa shape index (κ1) is 21.4. The van der Waals surface area contributed by atoms with E-state index < -0.39 is 0 Å². The summed E-state index contributed by atoms with van der Waals surface area (Å²) in [5, 5.41) is 3.02. The Morgan fingerprint density at radius 1 is 0.935 bits per heavy atom. The molecule has 0 bridgehead atoms. The number of nitrogens with one attached hydrogen (secondary N) is 1. The summed E-state index contributed by atoms with van der Waals surface area (Å²) >= 11 is 0. The van der Waals surface area contributed by atoms with Gasteiger partial charge >= 0.3 is 0 Å². The van der Waals surface area contributed by atoms with Crippen LogP contribution in [0.5, 0.6) is 0 Å². The second-order valence-electron chi connectivity index (χ2n) is 8.56. The summed E-state index contributed by atoms with van der Waals surface area (Å²) in [5.41, 5.74) is 4.02. The quantitative estimate of drug-likeness (QED) is 0.739. The van der Waals surface area contributed by atoms with Crippen molar-refractivity contribution in [3.63, 3.8) is 0 Å². The van der Waals surface area contributed by atoms with Crippen LogP contribution in [0.2, 0.25) is 0 Å². The molecule has 2 heterocycles. The number of anilines is 3. The number of rotatable bonds is 7. The van der Waals surface area contributed by atoms with Crippen molar-refractivity contribution in [1.29, 1.82) is 0 Å². The van der Waals surface area contributed by atoms with Gasteiger partial charge in [-0.25, -0.2) is 0 Å². The fourth-order valence-electron chi connectivity index (χ4n) is 4.59. The van der Waals surface area contributed by atoms with Crippen LogP contribution in [0.4, 0.5) is 17.1 Å². The molecule has 4 rings (SSSR count). The highest BCUT2D eigenvalue weighted by molar-refractivity contribution is 6.02. The molecule has 2 saturated heterocycles. The van der Waals surface area contributed by atoms with Crippen molar-refractivity contribution >= 4 is 28.9 Å². The van der Waals surface area contributed by atoms with Crippen molar-refractivity contribution in [2.75, 3.05) is 48.3 Å². The summed E-state index contributed by atoms with van der Waals surface area (Å²) < 4.78 is 0. The van der Waals surface area contributed by atoms with Crippen LogP contribution < -0.4 is 15.1 Å². The zero-order valence-electron chi connectivity index (χ0n) is 18.3. The number of hydrogen-bond donors (Lipinski definition) is 1. The van der Waals surface area contributed by atoms with Crippen molar-refractivity contribution in [3.8, 4) is 0 Å². The molecule has 0 unspecified atom stereocenters. The Morgan fingerprint density at radius 3 is 2.39 bits per heavy atom. The highest BCUT2D eigenvalue weighted by Crippen LogP contribution is 2.29. The Balaban J connectivity index is 1.39. The smallest absolute Gasteiger partial charge is 0.238 e. The fourth-order valence-corrected chi connectivity index (χ4v) is 4.59. The van der Waals surface area contributed by atoms with Crippen LogP contribution in [0, 0.1) is 0 Å². The van der Waals surface area contributed by atoms with Gasteiger partial charge < -0.3 is 15.1 Å². The molecule has 1 N–H and O–H groups in total. The Labute approximate surface area is 184 Å². The van der Waals surface area contributed by atoms with Gasteiger partial charge in [0.25, 0.3) is 0 Å². The first-order valence-corrected chi connectivity index (χ1v) is 11.3. The van der Waals surface area contributed by atoms with Gasteiger partial charge in [0, 0.05) is 38.3 Å². The monoisotopic (exact) mass is 420 g/mol. The molecule has 2 aliphatic heterocycles. The molecule has 2 aromatic rings. The summed E-state index contributed by atoms with van der Waals surface area (Å²) in [4.78, 5) is 31.2. The summed E-state index contributed by atoms with van der Waals surface area (Å²) in [6.45, 7) is 3.92. The van der Waals surface area contributed by atoms with Gasteiger partial charge in [-0.15, -0.1) is 0 Å². The minimum absolute atomic E-state index is 0.0722. The standard InChI is InChI=1S/C25H32N4O2/c1-27(18-20-10-3-5-12-22(20)28-15-7-2-8-16-28)19-24(30)26-21-11-4-6-13-23(21)29-17-9-14-25(29)31/h3-6,10-13H,2,7-9,14-19H2,1H3,(H,26,30). The van der Waals surface area contributed by atoms with E-state index in [1.807, 2.05) is 36.2 Å². The van der Waals surface area contributed by atoms with Crippen LogP contribution in [-0.4, -0.2) is 49.9 Å². The van der Waals surface area contributed by atoms with Gasteiger partial charge in [-0.1, -0.05) is 30.3 Å². The van der Waals surface area contributed by atoms with Gasteiger partial charge in [-0.05, 0) is 56.5 Å². The third-order valence-corrected chi connectivity index (χ3v) is 6.08. The highest BCUT2D eigenvalue weighted by atomic mass is 16.2. The third-order valence-electron chi connectivity index (χ3n) is 6.08. The van der Waals surface area contributed by atoms with Crippen molar-refractivity contribution in [3.05, 3.63) is 54.1 Å². The number of hydrogen-bond acceptors (Lipinski definition) is 4. The second kappa shape index (κ2) is 9.96. The lowest BCUT2D eigenvalue weighted by atomic mass is 10.1. The molecule has 0 spiro atoms.